The number of rotatable bonds is 4. The Bertz CT molecular complexity index is 1690. The van der Waals surface area contributed by atoms with E-state index in [9.17, 15) is 19.2 Å². The molecule has 40 heavy (non-hydrogen) atoms. The van der Waals surface area contributed by atoms with Crippen molar-refractivity contribution in [2.75, 3.05) is 9.80 Å². The Labute approximate surface area is 225 Å². The highest BCUT2D eigenvalue weighted by Gasteiger charge is 2.39. The van der Waals surface area contributed by atoms with E-state index in [-0.39, 0.29) is 45.0 Å². The Morgan fingerprint density at radius 1 is 0.550 bits per heavy atom. The molecule has 0 saturated heterocycles. The fourth-order valence-corrected chi connectivity index (χ4v) is 4.38. The van der Waals surface area contributed by atoms with Crippen molar-refractivity contribution in [1.29, 1.82) is 0 Å². The van der Waals surface area contributed by atoms with E-state index >= 15 is 0 Å². The van der Waals surface area contributed by atoms with Gasteiger partial charge in [0.05, 0.1) is 33.9 Å². The van der Waals surface area contributed by atoms with Gasteiger partial charge in [-0.2, -0.15) is 0 Å². The average Bonchev–Trinajstić information content (AvgIpc) is 2.98. The zero-order valence-electron chi connectivity index (χ0n) is 20.4. The van der Waals surface area contributed by atoms with Crippen LogP contribution in [0.4, 0.5) is 22.7 Å². The van der Waals surface area contributed by atoms with E-state index < -0.39 is 23.6 Å². The molecule has 4 aromatic carbocycles. The van der Waals surface area contributed by atoms with Crippen molar-refractivity contribution >= 4 is 46.4 Å². The first-order valence-corrected chi connectivity index (χ1v) is 11.7. The van der Waals surface area contributed by atoms with Gasteiger partial charge in [0.15, 0.2) is 0 Å². The molecule has 1 aliphatic heterocycles. The monoisotopic (exact) mass is 528 g/mol. The Morgan fingerprint density at radius 3 is 1.30 bits per heavy atom. The topological polar surface area (TPSA) is 172 Å². The third-order valence-electron chi connectivity index (χ3n) is 6.14. The lowest BCUT2D eigenvalue weighted by molar-refractivity contribution is 0.0894. The largest absolute Gasteiger partial charge is 0.268 e. The summed E-state index contributed by atoms with van der Waals surface area (Å²) in [5.41, 5.74) is 17.4. The number of benzene rings is 4. The molecule has 12 heteroatoms. The Morgan fingerprint density at radius 2 is 0.900 bits per heavy atom. The van der Waals surface area contributed by atoms with E-state index in [1.54, 1.807) is 24.3 Å². The smallest absolute Gasteiger partial charge is 0.267 e. The van der Waals surface area contributed by atoms with E-state index in [2.05, 4.69) is 20.1 Å². The number of hydrogen-bond donors (Lipinski definition) is 0. The third-order valence-corrected chi connectivity index (χ3v) is 6.14. The molecule has 4 aromatic rings. The minimum absolute atomic E-state index is 0.00610. The highest BCUT2D eigenvalue weighted by atomic mass is 16.2. The lowest BCUT2D eigenvalue weighted by Crippen LogP contribution is -2.45. The molecule has 0 atom stereocenters. The van der Waals surface area contributed by atoms with Crippen LogP contribution in [0.15, 0.2) is 107 Å². The molecule has 0 aromatic heterocycles. The van der Waals surface area contributed by atoms with Gasteiger partial charge in [-0.15, -0.1) is 0 Å². The zero-order valence-corrected chi connectivity index (χ0v) is 20.4. The van der Waals surface area contributed by atoms with Crippen LogP contribution in [0.5, 0.6) is 0 Å². The van der Waals surface area contributed by atoms with Crippen LogP contribution in [-0.2, 0) is 0 Å². The first-order valence-electron chi connectivity index (χ1n) is 11.7. The Kier molecular flexibility index (Phi) is 6.76. The van der Waals surface area contributed by atoms with Crippen molar-refractivity contribution in [1.82, 2.24) is 0 Å². The highest BCUT2D eigenvalue weighted by molar-refractivity contribution is 6.36. The maximum absolute atomic E-state index is 14.1. The summed E-state index contributed by atoms with van der Waals surface area (Å²) in [6, 6.07) is 23.6. The van der Waals surface area contributed by atoms with Gasteiger partial charge in [-0.3, -0.25) is 19.2 Å². The van der Waals surface area contributed by atoms with E-state index in [4.69, 9.17) is 11.1 Å². The van der Waals surface area contributed by atoms with Gasteiger partial charge in [0.25, 0.3) is 23.6 Å². The molecule has 0 bridgehead atoms. The number of fused-ring (bicyclic) bond motifs is 2. The van der Waals surface area contributed by atoms with Crippen molar-refractivity contribution in [3.8, 4) is 0 Å². The summed E-state index contributed by atoms with van der Waals surface area (Å²) in [4.78, 5) is 63.2. The summed E-state index contributed by atoms with van der Waals surface area (Å²) in [7, 11) is 0. The third kappa shape index (κ3) is 4.29. The number of carbonyl (C=O) groups is 4. The van der Waals surface area contributed by atoms with Crippen molar-refractivity contribution in [3.05, 3.63) is 140 Å². The number of amides is 4. The number of carbonyl (C=O) groups excluding carboxylic acids is 4. The molecule has 4 amide bonds. The first-order chi connectivity index (χ1) is 19.5. The number of azide groups is 2. The standard InChI is InChI=1S/C28H16N8O4/c29-33-31-21-13-5-1-9-17(21)25(37)35-23-15-7-3-11-19(23)28(40)36(24-16-8-4-12-20(24)27(35)39)26(38)18-10-2-6-14-22(18)32-34-30/h1-16H. The van der Waals surface area contributed by atoms with Crippen molar-refractivity contribution in [3.63, 3.8) is 0 Å². The van der Waals surface area contributed by atoms with Crippen LogP contribution in [0.1, 0.15) is 41.4 Å². The van der Waals surface area contributed by atoms with Gasteiger partial charge in [0.1, 0.15) is 0 Å². The zero-order chi connectivity index (χ0) is 28.2. The van der Waals surface area contributed by atoms with Crippen LogP contribution < -0.4 is 9.80 Å². The Balaban J connectivity index is 1.75. The molecule has 0 aliphatic carbocycles. The molecule has 1 aliphatic rings. The molecule has 0 N–H and O–H groups in total. The van der Waals surface area contributed by atoms with Gasteiger partial charge in [-0.25, -0.2) is 9.80 Å². The molecule has 192 valence electrons. The van der Waals surface area contributed by atoms with E-state index in [1.165, 1.54) is 72.8 Å². The summed E-state index contributed by atoms with van der Waals surface area (Å²) in [5.74, 6) is -3.32. The van der Waals surface area contributed by atoms with Crippen LogP contribution in [0.25, 0.3) is 20.9 Å². The second-order valence-corrected chi connectivity index (χ2v) is 8.34. The van der Waals surface area contributed by atoms with Gasteiger partial charge in [-0.1, -0.05) is 70.9 Å². The average molecular weight is 528 g/mol. The van der Waals surface area contributed by atoms with Gasteiger partial charge < -0.3 is 0 Å². The minimum atomic E-state index is -0.837. The lowest BCUT2D eigenvalue weighted by Gasteiger charge is -2.31. The van der Waals surface area contributed by atoms with Crippen LogP contribution in [0, 0.1) is 0 Å². The fraction of sp³-hybridized carbons (Fsp3) is 0. The van der Waals surface area contributed by atoms with Crippen LogP contribution in [0.2, 0.25) is 0 Å². The van der Waals surface area contributed by atoms with E-state index in [1.807, 2.05) is 0 Å². The molecular formula is C28H16N8O4. The fourth-order valence-electron chi connectivity index (χ4n) is 4.38. The van der Waals surface area contributed by atoms with Gasteiger partial charge in [0, 0.05) is 21.0 Å². The summed E-state index contributed by atoms with van der Waals surface area (Å²) >= 11 is 0. The Hall–Kier alpha value is -6.22. The molecule has 0 spiro atoms. The predicted octanol–water partition coefficient (Wildman–Crippen LogP) is 6.86. The van der Waals surface area contributed by atoms with Crippen molar-refractivity contribution in [2.45, 2.75) is 0 Å². The number of hydrogen-bond acceptors (Lipinski definition) is 6. The molecule has 1 heterocycles. The van der Waals surface area contributed by atoms with Gasteiger partial charge >= 0.3 is 0 Å². The molecule has 12 nitrogen and oxygen atoms in total. The molecule has 0 radical (unpaired) electrons. The molecule has 0 saturated carbocycles. The van der Waals surface area contributed by atoms with Gasteiger partial charge in [0.2, 0.25) is 0 Å². The summed E-state index contributed by atoms with van der Waals surface area (Å²) < 4.78 is 0. The van der Waals surface area contributed by atoms with Crippen LogP contribution in [0.3, 0.4) is 0 Å². The SMILES string of the molecule is [N-]=[N+]=Nc1ccccc1C(=O)N1C(=O)c2ccccc2N(C(=O)c2ccccc2N=[N+]=[N-])C(=O)c2ccccc21. The molecule has 0 fully saturated rings. The number of anilines is 2. The number of para-hydroxylation sites is 2. The first kappa shape index (κ1) is 25.4. The van der Waals surface area contributed by atoms with Crippen molar-refractivity contribution in [2.24, 2.45) is 10.2 Å². The molecule has 5 rings (SSSR count). The quantitative estimate of drug-likeness (QED) is 0.122. The predicted molar refractivity (Wildman–Crippen MR) is 146 cm³/mol. The maximum atomic E-state index is 14.1. The van der Waals surface area contributed by atoms with E-state index in [0.29, 0.717) is 0 Å². The van der Waals surface area contributed by atoms with Gasteiger partial charge in [-0.05, 0) is 47.5 Å². The van der Waals surface area contributed by atoms with Crippen molar-refractivity contribution < 1.29 is 19.2 Å². The lowest BCUT2D eigenvalue weighted by atomic mass is 10.0. The summed E-state index contributed by atoms with van der Waals surface area (Å²) in [6.07, 6.45) is 0. The summed E-state index contributed by atoms with van der Waals surface area (Å²) in [6.45, 7) is 0. The maximum Gasteiger partial charge on any atom is 0.267 e. The highest BCUT2D eigenvalue weighted by Crippen LogP contribution is 2.36. The second kappa shape index (κ2) is 10.6. The van der Waals surface area contributed by atoms with E-state index in [0.717, 1.165) is 9.80 Å². The molecule has 0 unspecified atom stereocenters. The summed E-state index contributed by atoms with van der Waals surface area (Å²) in [5, 5.41) is 7.13. The molecular weight excluding hydrogens is 512 g/mol. The number of nitrogens with zero attached hydrogens (tertiary/aromatic N) is 8. The minimum Gasteiger partial charge on any atom is -0.268 e. The normalized spacial score (nSPS) is 12.2. The second-order valence-electron chi connectivity index (χ2n) is 8.34. The van der Waals surface area contributed by atoms with Crippen LogP contribution >= 0.6 is 0 Å². The van der Waals surface area contributed by atoms with Crippen LogP contribution in [-0.4, -0.2) is 23.6 Å². The number of imide groups is 2.